The molecule has 8 heteroatoms. The van der Waals surface area contributed by atoms with Gasteiger partial charge in [-0.2, -0.15) is 0 Å². The van der Waals surface area contributed by atoms with E-state index in [0.29, 0.717) is 18.8 Å². The molecule has 0 bridgehead atoms. The standard InChI is InChI=1S/C10H19N5O3/c1-10(2,3)18-9(17)13-11-6-8-7-15(4-5-16)14-12-8/h7,11,16H,4-6H2,1-3H3,(H,13,17). The number of nitrogens with zero attached hydrogens (tertiary/aromatic N) is 3. The van der Waals surface area contributed by atoms with Crippen LogP contribution in [0.2, 0.25) is 0 Å². The molecule has 0 radical (unpaired) electrons. The average Bonchev–Trinajstić information content (AvgIpc) is 2.63. The first kappa shape index (κ1) is 14.4. The van der Waals surface area contributed by atoms with E-state index in [9.17, 15) is 4.79 Å². The molecule has 0 aromatic carbocycles. The van der Waals surface area contributed by atoms with E-state index in [0.717, 1.165) is 0 Å². The molecule has 102 valence electrons. The Balaban J connectivity index is 2.26. The predicted octanol–water partition coefficient (Wildman–Crippen LogP) is -0.200. The lowest BCUT2D eigenvalue weighted by Gasteiger charge is -2.19. The third-order valence-corrected chi connectivity index (χ3v) is 1.77. The van der Waals surface area contributed by atoms with E-state index >= 15 is 0 Å². The number of aliphatic hydroxyl groups excluding tert-OH is 1. The van der Waals surface area contributed by atoms with Crippen LogP contribution in [0.15, 0.2) is 6.20 Å². The van der Waals surface area contributed by atoms with Crippen LogP contribution in [0, 0.1) is 0 Å². The first-order valence-corrected chi connectivity index (χ1v) is 5.62. The van der Waals surface area contributed by atoms with Gasteiger partial charge >= 0.3 is 6.09 Å². The van der Waals surface area contributed by atoms with E-state index in [1.165, 1.54) is 4.68 Å². The maximum atomic E-state index is 11.3. The molecule has 1 aromatic rings. The zero-order chi connectivity index (χ0) is 13.6. The van der Waals surface area contributed by atoms with E-state index in [1.54, 1.807) is 27.0 Å². The molecular weight excluding hydrogens is 238 g/mol. The van der Waals surface area contributed by atoms with Gasteiger partial charge in [0.05, 0.1) is 25.4 Å². The molecule has 1 aromatic heterocycles. The Hall–Kier alpha value is -1.67. The molecule has 0 fully saturated rings. The van der Waals surface area contributed by atoms with Crippen molar-refractivity contribution in [1.82, 2.24) is 25.8 Å². The van der Waals surface area contributed by atoms with E-state index < -0.39 is 11.7 Å². The second-order valence-electron chi connectivity index (χ2n) is 4.68. The summed E-state index contributed by atoms with van der Waals surface area (Å²) >= 11 is 0. The quantitative estimate of drug-likeness (QED) is 0.631. The zero-order valence-electron chi connectivity index (χ0n) is 10.8. The van der Waals surface area contributed by atoms with Gasteiger partial charge < -0.3 is 9.84 Å². The van der Waals surface area contributed by atoms with Crippen LogP contribution in [0.25, 0.3) is 0 Å². The number of amides is 1. The minimum absolute atomic E-state index is 0.00634. The lowest BCUT2D eigenvalue weighted by Crippen LogP contribution is -2.40. The Morgan fingerprint density at radius 2 is 2.28 bits per heavy atom. The Morgan fingerprint density at radius 1 is 1.56 bits per heavy atom. The molecule has 1 heterocycles. The van der Waals surface area contributed by atoms with Gasteiger partial charge in [0, 0.05) is 6.20 Å². The first-order chi connectivity index (χ1) is 8.40. The zero-order valence-corrected chi connectivity index (χ0v) is 10.8. The van der Waals surface area contributed by atoms with Gasteiger partial charge in [-0.15, -0.1) is 5.10 Å². The summed E-state index contributed by atoms with van der Waals surface area (Å²) in [6.45, 7) is 6.08. The summed E-state index contributed by atoms with van der Waals surface area (Å²) in [5.41, 5.74) is 5.19. The Bertz CT molecular complexity index is 385. The van der Waals surface area contributed by atoms with Crippen LogP contribution in [0.1, 0.15) is 26.5 Å². The summed E-state index contributed by atoms with van der Waals surface area (Å²) in [5.74, 6) is 0. The van der Waals surface area contributed by atoms with E-state index in [4.69, 9.17) is 9.84 Å². The van der Waals surface area contributed by atoms with Gasteiger partial charge in [-0.3, -0.25) is 5.43 Å². The fraction of sp³-hybridized carbons (Fsp3) is 0.700. The van der Waals surface area contributed by atoms with Crippen LogP contribution in [0.5, 0.6) is 0 Å². The third-order valence-electron chi connectivity index (χ3n) is 1.77. The molecule has 8 nitrogen and oxygen atoms in total. The smallest absolute Gasteiger partial charge is 0.422 e. The molecular formula is C10H19N5O3. The highest BCUT2D eigenvalue weighted by molar-refractivity contribution is 5.66. The van der Waals surface area contributed by atoms with Crippen molar-refractivity contribution in [2.75, 3.05) is 6.61 Å². The largest absolute Gasteiger partial charge is 0.443 e. The molecule has 0 aliphatic heterocycles. The molecule has 18 heavy (non-hydrogen) atoms. The number of carbonyl (C=O) groups excluding carboxylic acids is 1. The number of nitrogens with one attached hydrogen (secondary N) is 2. The van der Waals surface area contributed by atoms with Gasteiger partial charge in [0.2, 0.25) is 0 Å². The van der Waals surface area contributed by atoms with Crippen molar-refractivity contribution in [3.05, 3.63) is 11.9 Å². The fourth-order valence-electron chi connectivity index (χ4n) is 1.14. The second-order valence-corrected chi connectivity index (χ2v) is 4.68. The topological polar surface area (TPSA) is 101 Å². The van der Waals surface area contributed by atoms with Gasteiger partial charge in [0.15, 0.2) is 0 Å². The maximum absolute atomic E-state index is 11.3. The van der Waals surface area contributed by atoms with Crippen LogP contribution in [0.4, 0.5) is 4.79 Å². The Kier molecular flexibility index (Phi) is 5.05. The Labute approximate surface area is 105 Å². The number of ether oxygens (including phenoxy) is 1. The molecule has 0 aliphatic rings. The minimum atomic E-state index is -0.551. The first-order valence-electron chi connectivity index (χ1n) is 5.62. The summed E-state index contributed by atoms with van der Waals surface area (Å²) in [4.78, 5) is 11.3. The van der Waals surface area contributed by atoms with Crippen molar-refractivity contribution in [3.8, 4) is 0 Å². The number of hydrogen-bond acceptors (Lipinski definition) is 6. The molecule has 0 unspecified atom stereocenters. The van der Waals surface area contributed by atoms with Gasteiger partial charge in [0.1, 0.15) is 5.60 Å². The van der Waals surface area contributed by atoms with Crippen molar-refractivity contribution in [1.29, 1.82) is 0 Å². The number of carbonyl (C=O) groups is 1. The van der Waals surface area contributed by atoms with Gasteiger partial charge in [-0.25, -0.2) is 14.9 Å². The predicted molar refractivity (Wildman–Crippen MR) is 63.3 cm³/mol. The lowest BCUT2D eigenvalue weighted by atomic mass is 10.2. The molecule has 0 saturated carbocycles. The summed E-state index contributed by atoms with van der Waals surface area (Å²) in [6, 6.07) is 0. The number of aliphatic hydroxyl groups is 1. The SMILES string of the molecule is CC(C)(C)OC(=O)NNCc1cn(CCO)nn1. The summed E-state index contributed by atoms with van der Waals surface area (Å²) in [6.07, 6.45) is 1.13. The summed E-state index contributed by atoms with van der Waals surface area (Å²) < 4.78 is 6.55. The normalized spacial score (nSPS) is 11.3. The molecule has 3 N–H and O–H groups in total. The van der Waals surface area contributed by atoms with Crippen LogP contribution >= 0.6 is 0 Å². The van der Waals surface area contributed by atoms with Crippen molar-refractivity contribution in [2.24, 2.45) is 0 Å². The third kappa shape index (κ3) is 5.60. The van der Waals surface area contributed by atoms with Crippen molar-refractivity contribution in [3.63, 3.8) is 0 Å². The molecule has 1 rings (SSSR count). The van der Waals surface area contributed by atoms with Crippen LogP contribution in [-0.2, 0) is 17.8 Å². The number of hydrogen-bond donors (Lipinski definition) is 3. The number of aromatic nitrogens is 3. The second kappa shape index (κ2) is 6.31. The van der Waals surface area contributed by atoms with Crippen molar-refractivity contribution >= 4 is 6.09 Å². The van der Waals surface area contributed by atoms with Gasteiger partial charge in [-0.1, -0.05) is 5.21 Å². The van der Waals surface area contributed by atoms with E-state index in [2.05, 4.69) is 21.2 Å². The van der Waals surface area contributed by atoms with Crippen LogP contribution in [-0.4, -0.2) is 38.4 Å². The van der Waals surface area contributed by atoms with Crippen molar-refractivity contribution < 1.29 is 14.6 Å². The van der Waals surface area contributed by atoms with Gasteiger partial charge in [-0.05, 0) is 20.8 Å². The molecule has 1 amide bonds. The number of hydrazine groups is 1. The molecule has 0 atom stereocenters. The van der Waals surface area contributed by atoms with Crippen molar-refractivity contribution in [2.45, 2.75) is 39.5 Å². The summed E-state index contributed by atoms with van der Waals surface area (Å²) in [7, 11) is 0. The highest BCUT2D eigenvalue weighted by atomic mass is 16.6. The highest BCUT2D eigenvalue weighted by Gasteiger charge is 2.15. The van der Waals surface area contributed by atoms with Gasteiger partial charge in [0.25, 0.3) is 0 Å². The Morgan fingerprint density at radius 3 is 2.89 bits per heavy atom. The fourth-order valence-corrected chi connectivity index (χ4v) is 1.14. The van der Waals surface area contributed by atoms with Crippen LogP contribution < -0.4 is 10.9 Å². The molecule has 0 aliphatic carbocycles. The maximum Gasteiger partial charge on any atom is 0.422 e. The van der Waals surface area contributed by atoms with E-state index in [1.807, 2.05) is 0 Å². The summed E-state index contributed by atoms with van der Waals surface area (Å²) in [5, 5.41) is 16.3. The molecule has 0 saturated heterocycles. The minimum Gasteiger partial charge on any atom is -0.443 e. The van der Waals surface area contributed by atoms with E-state index in [-0.39, 0.29) is 6.61 Å². The molecule has 0 spiro atoms. The van der Waals surface area contributed by atoms with Crippen LogP contribution in [0.3, 0.4) is 0 Å². The number of rotatable bonds is 5. The monoisotopic (exact) mass is 257 g/mol. The lowest BCUT2D eigenvalue weighted by molar-refractivity contribution is 0.0497. The average molecular weight is 257 g/mol. The highest BCUT2D eigenvalue weighted by Crippen LogP contribution is 2.05.